The maximum absolute atomic E-state index is 13.7. The second-order valence-electron chi connectivity index (χ2n) is 12.1. The van der Waals surface area contributed by atoms with Gasteiger partial charge in [0, 0.05) is 31.6 Å². The van der Waals surface area contributed by atoms with Crippen LogP contribution < -0.4 is 9.47 Å². The molecule has 3 unspecified atom stereocenters. The number of hydrogen-bond donors (Lipinski definition) is 1. The molecule has 8 heteroatoms. The average molecular weight is 532 g/mol. The minimum atomic E-state index is -0.797. The monoisotopic (exact) mass is 531 g/mol. The van der Waals surface area contributed by atoms with E-state index < -0.39 is 11.9 Å². The van der Waals surface area contributed by atoms with Crippen LogP contribution in [0.15, 0.2) is 18.2 Å². The fourth-order valence-electron chi connectivity index (χ4n) is 6.13. The third-order valence-corrected chi connectivity index (χ3v) is 8.05. The summed E-state index contributed by atoms with van der Waals surface area (Å²) in [5.74, 6) is -0.168. The van der Waals surface area contributed by atoms with Crippen LogP contribution in [0.5, 0.6) is 11.5 Å². The smallest absolute Gasteiger partial charge is 0.308 e. The number of amides is 1. The molecule has 1 fully saturated rings. The highest BCUT2D eigenvalue weighted by molar-refractivity contribution is 5.79. The van der Waals surface area contributed by atoms with Crippen LogP contribution in [0.25, 0.3) is 0 Å². The molecular formula is C30H49N3O5. The van der Waals surface area contributed by atoms with Crippen LogP contribution in [0, 0.1) is 11.3 Å². The summed E-state index contributed by atoms with van der Waals surface area (Å²) in [6.45, 7) is 12.1. The molecule has 0 radical (unpaired) electrons. The van der Waals surface area contributed by atoms with Gasteiger partial charge in [0.15, 0.2) is 11.5 Å². The van der Waals surface area contributed by atoms with Crippen molar-refractivity contribution in [2.75, 3.05) is 53.6 Å². The van der Waals surface area contributed by atoms with E-state index >= 15 is 0 Å². The second kappa shape index (κ2) is 13.7. The predicted octanol–water partition coefficient (Wildman–Crippen LogP) is 4.68. The van der Waals surface area contributed by atoms with Crippen molar-refractivity contribution in [1.82, 2.24) is 14.7 Å². The number of rotatable bonds is 15. The lowest BCUT2D eigenvalue weighted by Gasteiger charge is -2.35. The zero-order valence-electron chi connectivity index (χ0n) is 24.4. The molecule has 0 aliphatic carbocycles. The molecule has 214 valence electrons. The van der Waals surface area contributed by atoms with Gasteiger partial charge in [0.05, 0.1) is 12.5 Å². The van der Waals surface area contributed by atoms with Crippen LogP contribution in [0.3, 0.4) is 0 Å². The quantitative estimate of drug-likeness (QED) is 0.352. The molecular weight excluding hydrogens is 482 g/mol. The van der Waals surface area contributed by atoms with Crippen molar-refractivity contribution in [2.45, 2.75) is 78.2 Å². The summed E-state index contributed by atoms with van der Waals surface area (Å²) in [5.41, 5.74) is 0.912. The molecule has 38 heavy (non-hydrogen) atoms. The van der Waals surface area contributed by atoms with Crippen LogP contribution in [-0.2, 0) is 9.59 Å². The standard InChI is InChI=1S/C30H49N3O5/c1-7-9-15-32(16-10-14-31(5)6)27(34)20-33-19-23(22-11-12-25-26(17-22)38-21-37-25)28(29(35)36)24(33)18-30(3,4)13-8-2/h11-12,17,23-24,28H,7-10,13-16,18-21H2,1-6H3,(H,35,36). The maximum Gasteiger partial charge on any atom is 0.308 e. The van der Waals surface area contributed by atoms with E-state index in [4.69, 9.17) is 9.47 Å². The van der Waals surface area contributed by atoms with E-state index in [1.54, 1.807) is 0 Å². The summed E-state index contributed by atoms with van der Waals surface area (Å²) in [5, 5.41) is 10.5. The summed E-state index contributed by atoms with van der Waals surface area (Å²) < 4.78 is 11.1. The molecule has 2 aliphatic heterocycles. The van der Waals surface area contributed by atoms with Crippen LogP contribution in [0.4, 0.5) is 0 Å². The number of aliphatic carboxylic acids is 1. The Morgan fingerprint density at radius 1 is 1.05 bits per heavy atom. The lowest BCUT2D eigenvalue weighted by molar-refractivity contribution is -0.144. The number of fused-ring (bicyclic) bond motifs is 1. The van der Waals surface area contributed by atoms with Gasteiger partial charge >= 0.3 is 5.97 Å². The van der Waals surface area contributed by atoms with E-state index in [1.165, 1.54) is 0 Å². The minimum Gasteiger partial charge on any atom is -0.481 e. The summed E-state index contributed by atoms with van der Waals surface area (Å²) >= 11 is 0. The molecule has 0 saturated carbocycles. The number of nitrogens with zero attached hydrogens (tertiary/aromatic N) is 3. The Kier molecular flexibility index (Phi) is 10.9. The Balaban J connectivity index is 1.87. The molecule has 1 aromatic rings. The highest BCUT2D eigenvalue weighted by Gasteiger charge is 2.48. The van der Waals surface area contributed by atoms with Crippen LogP contribution in [-0.4, -0.2) is 91.3 Å². The van der Waals surface area contributed by atoms with Crippen molar-refractivity contribution in [3.8, 4) is 11.5 Å². The highest BCUT2D eigenvalue weighted by Crippen LogP contribution is 2.45. The van der Waals surface area contributed by atoms with Crippen molar-refractivity contribution in [2.24, 2.45) is 11.3 Å². The van der Waals surface area contributed by atoms with Gasteiger partial charge in [-0.2, -0.15) is 0 Å². The predicted molar refractivity (Wildman–Crippen MR) is 150 cm³/mol. The largest absolute Gasteiger partial charge is 0.481 e. The van der Waals surface area contributed by atoms with E-state index in [-0.39, 0.29) is 36.6 Å². The highest BCUT2D eigenvalue weighted by atomic mass is 16.7. The third-order valence-electron chi connectivity index (χ3n) is 8.05. The van der Waals surface area contributed by atoms with Crippen molar-refractivity contribution >= 4 is 11.9 Å². The number of likely N-dealkylation sites (tertiary alicyclic amines) is 1. The zero-order chi connectivity index (χ0) is 27.9. The van der Waals surface area contributed by atoms with Crippen LogP contribution in [0.1, 0.15) is 77.7 Å². The first kappa shape index (κ1) is 30.2. The topological polar surface area (TPSA) is 82.5 Å². The number of carboxylic acids is 1. The fraction of sp³-hybridized carbons (Fsp3) is 0.733. The summed E-state index contributed by atoms with van der Waals surface area (Å²) in [6, 6.07) is 5.54. The first-order chi connectivity index (χ1) is 18.1. The third kappa shape index (κ3) is 7.85. The van der Waals surface area contributed by atoms with E-state index in [2.05, 4.69) is 37.5 Å². The van der Waals surface area contributed by atoms with Gasteiger partial charge in [-0.05, 0) is 69.4 Å². The van der Waals surface area contributed by atoms with Gasteiger partial charge in [-0.15, -0.1) is 0 Å². The molecule has 3 atom stereocenters. The van der Waals surface area contributed by atoms with Crippen molar-refractivity contribution in [3.05, 3.63) is 23.8 Å². The zero-order valence-corrected chi connectivity index (χ0v) is 24.4. The summed E-state index contributed by atoms with van der Waals surface area (Å²) in [6.07, 6.45) is 5.72. The molecule has 0 aromatic heterocycles. The fourth-order valence-corrected chi connectivity index (χ4v) is 6.13. The number of carbonyl (C=O) groups is 2. The molecule has 1 amide bonds. The van der Waals surface area contributed by atoms with Crippen molar-refractivity contribution < 1.29 is 24.2 Å². The van der Waals surface area contributed by atoms with Gasteiger partial charge in [0.2, 0.25) is 12.7 Å². The molecule has 8 nitrogen and oxygen atoms in total. The van der Waals surface area contributed by atoms with Gasteiger partial charge in [0.1, 0.15) is 0 Å². The Bertz CT molecular complexity index is 934. The molecule has 0 bridgehead atoms. The second-order valence-corrected chi connectivity index (χ2v) is 12.1. The SMILES string of the molecule is CCCCN(CCCN(C)C)C(=O)CN1CC(c2ccc3c(c2)OCO3)C(C(=O)O)C1CC(C)(C)CCC. The van der Waals surface area contributed by atoms with E-state index in [0.717, 1.165) is 63.7 Å². The number of unbranched alkanes of at least 4 members (excludes halogenated alkanes) is 1. The molecule has 3 rings (SSSR count). The molecule has 2 heterocycles. The Morgan fingerprint density at radius 3 is 2.42 bits per heavy atom. The Morgan fingerprint density at radius 2 is 1.76 bits per heavy atom. The minimum absolute atomic E-state index is 0.0220. The van der Waals surface area contributed by atoms with Crippen molar-refractivity contribution in [1.29, 1.82) is 0 Å². The lowest BCUT2D eigenvalue weighted by Crippen LogP contribution is -2.46. The lowest BCUT2D eigenvalue weighted by atomic mass is 9.76. The van der Waals surface area contributed by atoms with Crippen LogP contribution in [0.2, 0.25) is 0 Å². The Labute approximate surface area is 229 Å². The first-order valence-electron chi connectivity index (χ1n) is 14.3. The number of ether oxygens (including phenoxy) is 2. The van der Waals surface area contributed by atoms with Gasteiger partial charge in [-0.3, -0.25) is 14.5 Å². The number of carboxylic acid groups (broad SMARTS) is 1. The maximum atomic E-state index is 13.7. The van der Waals surface area contributed by atoms with E-state index in [0.29, 0.717) is 18.0 Å². The van der Waals surface area contributed by atoms with Gasteiger partial charge in [-0.1, -0.05) is 46.6 Å². The van der Waals surface area contributed by atoms with Crippen molar-refractivity contribution in [3.63, 3.8) is 0 Å². The summed E-state index contributed by atoms with van der Waals surface area (Å²) in [7, 11) is 4.10. The van der Waals surface area contributed by atoms with Gasteiger partial charge < -0.3 is 24.4 Å². The van der Waals surface area contributed by atoms with Crippen LogP contribution >= 0.6 is 0 Å². The molecule has 1 aromatic carbocycles. The number of benzene rings is 1. The first-order valence-corrected chi connectivity index (χ1v) is 14.3. The molecule has 2 aliphatic rings. The molecule has 1 saturated heterocycles. The number of carbonyl (C=O) groups excluding carboxylic acids is 1. The Hall–Kier alpha value is -2.32. The van der Waals surface area contributed by atoms with Gasteiger partial charge in [0.25, 0.3) is 0 Å². The summed E-state index contributed by atoms with van der Waals surface area (Å²) in [4.78, 5) is 32.8. The van der Waals surface area contributed by atoms with E-state index in [1.807, 2.05) is 37.2 Å². The average Bonchev–Trinajstić information content (AvgIpc) is 3.44. The molecule has 1 N–H and O–H groups in total. The number of hydrogen-bond acceptors (Lipinski definition) is 6. The molecule has 0 spiro atoms. The van der Waals surface area contributed by atoms with Gasteiger partial charge in [-0.25, -0.2) is 0 Å². The normalized spacial score (nSPS) is 21.3. The van der Waals surface area contributed by atoms with E-state index in [9.17, 15) is 14.7 Å².